The summed E-state index contributed by atoms with van der Waals surface area (Å²) in [6.45, 7) is 3.83. The van der Waals surface area contributed by atoms with Gasteiger partial charge in [0.05, 0.1) is 11.6 Å². The molecule has 5 nitrogen and oxygen atoms in total. The van der Waals surface area contributed by atoms with Crippen molar-refractivity contribution in [3.05, 3.63) is 64.0 Å². The largest absolute Gasteiger partial charge is 0.464 e. The van der Waals surface area contributed by atoms with Crippen LogP contribution in [-0.2, 0) is 11.3 Å². The van der Waals surface area contributed by atoms with E-state index in [0.29, 0.717) is 28.3 Å². The van der Waals surface area contributed by atoms with Gasteiger partial charge in [0, 0.05) is 29.5 Å². The van der Waals surface area contributed by atoms with Gasteiger partial charge in [-0.25, -0.2) is 4.98 Å². The third-order valence-corrected chi connectivity index (χ3v) is 5.32. The van der Waals surface area contributed by atoms with Crippen molar-refractivity contribution in [3.8, 4) is 22.7 Å². The van der Waals surface area contributed by atoms with Crippen LogP contribution < -0.4 is 5.56 Å². The summed E-state index contributed by atoms with van der Waals surface area (Å²) in [4.78, 5) is 30.4. The number of hydrogen-bond donors (Lipinski definition) is 0. The Kier molecular flexibility index (Phi) is 4.49. The van der Waals surface area contributed by atoms with E-state index in [9.17, 15) is 9.59 Å². The van der Waals surface area contributed by atoms with E-state index in [1.165, 1.54) is 18.3 Å². The van der Waals surface area contributed by atoms with Crippen molar-refractivity contribution in [1.29, 1.82) is 0 Å². The van der Waals surface area contributed by atoms with E-state index >= 15 is 0 Å². The average molecular weight is 378 g/mol. The van der Waals surface area contributed by atoms with Crippen LogP contribution in [0.4, 0.5) is 0 Å². The van der Waals surface area contributed by atoms with Gasteiger partial charge in [-0.2, -0.15) is 0 Å². The first-order valence-corrected chi connectivity index (χ1v) is 9.55. The highest BCUT2D eigenvalue weighted by Crippen LogP contribution is 2.32. The Morgan fingerprint density at radius 1 is 1.26 bits per heavy atom. The summed E-state index contributed by atoms with van der Waals surface area (Å²) in [6.07, 6.45) is 1.87. The molecule has 3 heterocycles. The standard InChI is InChI=1S/C21H18N2O3S/c1-13-5-3-6-15(11-13)19-22-20-18(21(25)23(19)9-8-14(2)24)16(12-27-20)17-7-4-10-26-17/h3-7,10-12H,8-9H2,1-2H3. The summed E-state index contributed by atoms with van der Waals surface area (Å²) in [5.41, 5.74) is 2.54. The fourth-order valence-electron chi connectivity index (χ4n) is 3.12. The van der Waals surface area contributed by atoms with Gasteiger partial charge in [-0.15, -0.1) is 11.3 Å². The minimum absolute atomic E-state index is 0.0359. The van der Waals surface area contributed by atoms with Crippen LogP contribution in [0.2, 0.25) is 0 Å². The molecular weight excluding hydrogens is 360 g/mol. The molecule has 0 aliphatic rings. The number of carbonyl (C=O) groups excluding carboxylic acids is 1. The Bertz CT molecular complexity index is 1190. The molecule has 0 saturated heterocycles. The number of aryl methyl sites for hydroxylation is 1. The first kappa shape index (κ1) is 17.4. The molecule has 27 heavy (non-hydrogen) atoms. The molecule has 0 atom stereocenters. The molecule has 0 bridgehead atoms. The number of benzene rings is 1. The van der Waals surface area contributed by atoms with E-state index in [-0.39, 0.29) is 17.8 Å². The second-order valence-electron chi connectivity index (χ2n) is 6.52. The fraction of sp³-hybridized carbons (Fsp3) is 0.190. The molecule has 0 spiro atoms. The molecule has 0 fully saturated rings. The SMILES string of the molecule is CC(=O)CCn1c(-c2cccc(C)c2)nc2scc(-c3ccco3)c2c1=O. The molecule has 0 aliphatic carbocycles. The Labute approximate surface area is 159 Å². The predicted octanol–water partition coefficient (Wildman–Crippen LogP) is 4.67. The lowest BCUT2D eigenvalue weighted by Crippen LogP contribution is -2.24. The molecule has 0 unspecified atom stereocenters. The number of aromatic nitrogens is 2. The zero-order valence-corrected chi connectivity index (χ0v) is 15.9. The second-order valence-corrected chi connectivity index (χ2v) is 7.38. The van der Waals surface area contributed by atoms with Crippen molar-refractivity contribution in [3.63, 3.8) is 0 Å². The first-order chi connectivity index (χ1) is 13.0. The molecule has 0 aliphatic heterocycles. The van der Waals surface area contributed by atoms with Crippen molar-refractivity contribution < 1.29 is 9.21 Å². The van der Waals surface area contributed by atoms with Gasteiger partial charge in [0.25, 0.3) is 5.56 Å². The molecule has 3 aromatic heterocycles. The van der Waals surface area contributed by atoms with Gasteiger partial charge in [-0.1, -0.05) is 23.8 Å². The van der Waals surface area contributed by atoms with Gasteiger partial charge >= 0.3 is 0 Å². The molecule has 136 valence electrons. The van der Waals surface area contributed by atoms with Gasteiger partial charge in [-0.3, -0.25) is 14.2 Å². The number of thiophene rings is 1. The lowest BCUT2D eigenvalue weighted by molar-refractivity contribution is -0.117. The van der Waals surface area contributed by atoms with Crippen LogP contribution in [0.3, 0.4) is 0 Å². The molecule has 6 heteroatoms. The molecule has 4 rings (SSSR count). The van der Waals surface area contributed by atoms with Crippen LogP contribution >= 0.6 is 11.3 Å². The van der Waals surface area contributed by atoms with Crippen molar-refractivity contribution in [2.24, 2.45) is 0 Å². The number of furan rings is 1. The minimum Gasteiger partial charge on any atom is -0.464 e. The van der Waals surface area contributed by atoms with E-state index in [1.807, 2.05) is 42.6 Å². The number of carbonyl (C=O) groups is 1. The lowest BCUT2D eigenvalue weighted by Gasteiger charge is -2.13. The van der Waals surface area contributed by atoms with E-state index in [0.717, 1.165) is 16.7 Å². The van der Waals surface area contributed by atoms with Crippen molar-refractivity contribution in [2.75, 3.05) is 0 Å². The Balaban J connectivity index is 1.98. The van der Waals surface area contributed by atoms with Crippen LogP contribution in [0.5, 0.6) is 0 Å². The first-order valence-electron chi connectivity index (χ1n) is 8.67. The number of hydrogen-bond acceptors (Lipinski definition) is 5. The molecular formula is C21H18N2O3S. The Morgan fingerprint density at radius 3 is 2.81 bits per heavy atom. The maximum atomic E-state index is 13.4. The van der Waals surface area contributed by atoms with E-state index in [4.69, 9.17) is 9.40 Å². The van der Waals surface area contributed by atoms with Crippen LogP contribution in [-0.4, -0.2) is 15.3 Å². The summed E-state index contributed by atoms with van der Waals surface area (Å²) in [5.74, 6) is 1.26. The summed E-state index contributed by atoms with van der Waals surface area (Å²) >= 11 is 1.42. The second kappa shape index (κ2) is 6.96. The highest BCUT2D eigenvalue weighted by atomic mass is 32.1. The van der Waals surface area contributed by atoms with E-state index in [1.54, 1.807) is 16.9 Å². The summed E-state index contributed by atoms with van der Waals surface area (Å²) < 4.78 is 7.10. The van der Waals surface area contributed by atoms with Gasteiger partial charge < -0.3 is 4.42 Å². The Hall–Kier alpha value is -2.99. The topological polar surface area (TPSA) is 65.1 Å². The summed E-state index contributed by atoms with van der Waals surface area (Å²) in [7, 11) is 0. The lowest BCUT2D eigenvalue weighted by atomic mass is 10.1. The maximum absolute atomic E-state index is 13.4. The van der Waals surface area contributed by atoms with Gasteiger partial charge in [0.1, 0.15) is 22.2 Å². The zero-order chi connectivity index (χ0) is 19.0. The molecule has 0 radical (unpaired) electrons. The normalized spacial score (nSPS) is 11.2. The van der Waals surface area contributed by atoms with Crippen LogP contribution in [0.15, 0.2) is 57.3 Å². The van der Waals surface area contributed by atoms with Crippen LogP contribution in [0, 0.1) is 6.92 Å². The monoisotopic (exact) mass is 378 g/mol. The number of nitrogens with zero attached hydrogens (tertiary/aromatic N) is 2. The molecule has 0 saturated carbocycles. The quantitative estimate of drug-likeness (QED) is 0.506. The van der Waals surface area contributed by atoms with Crippen LogP contribution in [0.1, 0.15) is 18.9 Å². The molecule has 1 aromatic carbocycles. The molecule has 0 N–H and O–H groups in total. The smallest absolute Gasteiger partial charge is 0.263 e. The highest BCUT2D eigenvalue weighted by molar-refractivity contribution is 7.17. The van der Waals surface area contributed by atoms with Gasteiger partial charge in [-0.05, 0) is 32.0 Å². The van der Waals surface area contributed by atoms with Crippen molar-refractivity contribution >= 4 is 27.3 Å². The van der Waals surface area contributed by atoms with Gasteiger partial charge in [0.15, 0.2) is 0 Å². The third kappa shape index (κ3) is 3.24. The van der Waals surface area contributed by atoms with E-state index < -0.39 is 0 Å². The van der Waals surface area contributed by atoms with Crippen molar-refractivity contribution in [1.82, 2.24) is 9.55 Å². The number of ketones is 1. The minimum atomic E-state index is -0.148. The molecule has 4 aromatic rings. The van der Waals surface area contributed by atoms with E-state index in [2.05, 4.69) is 0 Å². The number of rotatable bonds is 5. The zero-order valence-electron chi connectivity index (χ0n) is 15.1. The maximum Gasteiger partial charge on any atom is 0.263 e. The van der Waals surface area contributed by atoms with Crippen LogP contribution in [0.25, 0.3) is 32.9 Å². The molecule has 0 amide bonds. The summed E-state index contributed by atoms with van der Waals surface area (Å²) in [5, 5.41) is 2.43. The highest BCUT2D eigenvalue weighted by Gasteiger charge is 2.19. The Morgan fingerprint density at radius 2 is 2.11 bits per heavy atom. The number of Topliss-reactive ketones (excluding diaryl/α,β-unsaturated/α-hetero) is 1. The summed E-state index contributed by atoms with van der Waals surface area (Å²) in [6, 6.07) is 11.5. The number of fused-ring (bicyclic) bond motifs is 1. The average Bonchev–Trinajstić information content (AvgIpc) is 3.30. The van der Waals surface area contributed by atoms with Crippen molar-refractivity contribution in [2.45, 2.75) is 26.8 Å². The third-order valence-electron chi connectivity index (χ3n) is 4.44. The fourth-order valence-corrected chi connectivity index (χ4v) is 4.04. The van der Waals surface area contributed by atoms with Gasteiger partial charge in [0.2, 0.25) is 0 Å². The predicted molar refractivity (Wildman–Crippen MR) is 107 cm³/mol.